The third-order valence-electron chi connectivity index (χ3n) is 4.42. The van der Waals surface area contributed by atoms with Crippen molar-refractivity contribution in [1.82, 2.24) is 10.6 Å². The highest BCUT2D eigenvalue weighted by Gasteiger charge is 2.25. The minimum Gasteiger partial charge on any atom is -0.393 e. The monoisotopic (exact) mass is 254 g/mol. The molecule has 1 saturated heterocycles. The second-order valence-corrected chi connectivity index (χ2v) is 5.79. The van der Waals surface area contributed by atoms with Gasteiger partial charge in [-0.25, -0.2) is 0 Å². The molecule has 2 rings (SSSR count). The molecule has 3 N–H and O–H groups in total. The first-order chi connectivity index (χ1) is 8.75. The van der Waals surface area contributed by atoms with E-state index in [1.54, 1.807) is 0 Å². The van der Waals surface area contributed by atoms with Crippen LogP contribution in [-0.4, -0.2) is 36.8 Å². The molecule has 0 aromatic rings. The minimum atomic E-state index is -0.199. The summed E-state index contributed by atoms with van der Waals surface area (Å²) in [6, 6.07) is 0. The Morgan fingerprint density at radius 2 is 2.00 bits per heavy atom. The highest BCUT2D eigenvalue weighted by atomic mass is 16.3. The van der Waals surface area contributed by atoms with Crippen LogP contribution in [0.1, 0.15) is 44.9 Å². The van der Waals surface area contributed by atoms with E-state index in [1.165, 1.54) is 12.8 Å². The fourth-order valence-electron chi connectivity index (χ4n) is 3.09. The quantitative estimate of drug-likeness (QED) is 0.687. The number of rotatable bonds is 5. The lowest BCUT2D eigenvalue weighted by Crippen LogP contribution is -2.33. The van der Waals surface area contributed by atoms with E-state index in [1.807, 2.05) is 0 Å². The summed E-state index contributed by atoms with van der Waals surface area (Å²) in [6.07, 6.45) is 6.91. The van der Waals surface area contributed by atoms with Crippen molar-refractivity contribution in [2.45, 2.75) is 51.0 Å². The molecule has 18 heavy (non-hydrogen) atoms. The molecule has 1 amide bonds. The lowest BCUT2D eigenvalue weighted by molar-refractivity contribution is -0.121. The van der Waals surface area contributed by atoms with Gasteiger partial charge in [0.05, 0.1) is 6.10 Å². The van der Waals surface area contributed by atoms with E-state index in [2.05, 4.69) is 10.6 Å². The molecule has 2 fully saturated rings. The van der Waals surface area contributed by atoms with Gasteiger partial charge in [0.2, 0.25) is 5.91 Å². The molecular weight excluding hydrogens is 228 g/mol. The maximum absolute atomic E-state index is 11.7. The fraction of sp³-hybridized carbons (Fsp3) is 0.929. The van der Waals surface area contributed by atoms with Gasteiger partial charge in [-0.3, -0.25) is 4.79 Å². The average molecular weight is 254 g/mol. The number of carbonyl (C=O) groups excluding carboxylic acids is 1. The van der Waals surface area contributed by atoms with Crippen LogP contribution in [0.2, 0.25) is 0 Å². The van der Waals surface area contributed by atoms with Crippen LogP contribution in [0.5, 0.6) is 0 Å². The van der Waals surface area contributed by atoms with Crippen molar-refractivity contribution in [1.29, 1.82) is 0 Å². The van der Waals surface area contributed by atoms with Gasteiger partial charge in [-0.05, 0) is 51.1 Å². The third-order valence-corrected chi connectivity index (χ3v) is 4.42. The van der Waals surface area contributed by atoms with Gasteiger partial charge in [0.1, 0.15) is 0 Å². The van der Waals surface area contributed by atoms with Crippen LogP contribution >= 0.6 is 0 Å². The average Bonchev–Trinajstić information content (AvgIpc) is 2.81. The van der Waals surface area contributed by atoms with Gasteiger partial charge in [-0.15, -0.1) is 0 Å². The van der Waals surface area contributed by atoms with Gasteiger partial charge >= 0.3 is 0 Å². The number of hydrogen-bond donors (Lipinski definition) is 3. The molecule has 0 aromatic carbocycles. The molecule has 104 valence electrons. The Morgan fingerprint density at radius 3 is 2.67 bits per heavy atom. The maximum atomic E-state index is 11.7. The van der Waals surface area contributed by atoms with E-state index in [-0.39, 0.29) is 17.9 Å². The molecule has 2 atom stereocenters. The van der Waals surface area contributed by atoms with Crippen molar-refractivity contribution in [3.63, 3.8) is 0 Å². The number of aliphatic hydroxyl groups is 1. The molecule has 1 aliphatic carbocycles. The zero-order valence-electron chi connectivity index (χ0n) is 11.2. The van der Waals surface area contributed by atoms with Crippen LogP contribution in [0.25, 0.3) is 0 Å². The number of amides is 1. The predicted octanol–water partition coefficient (Wildman–Crippen LogP) is 1.04. The van der Waals surface area contributed by atoms with Crippen LogP contribution in [0, 0.1) is 11.8 Å². The number of carbonyl (C=O) groups is 1. The molecule has 4 nitrogen and oxygen atoms in total. The SMILES string of the molecule is O=C(CCC1CCNCC1)NCC1CCCC1O. The van der Waals surface area contributed by atoms with Crippen molar-refractivity contribution in [2.75, 3.05) is 19.6 Å². The second-order valence-electron chi connectivity index (χ2n) is 5.79. The van der Waals surface area contributed by atoms with Gasteiger partial charge in [0.15, 0.2) is 0 Å². The smallest absolute Gasteiger partial charge is 0.220 e. The van der Waals surface area contributed by atoms with Gasteiger partial charge in [0.25, 0.3) is 0 Å². The number of nitrogens with one attached hydrogen (secondary N) is 2. The van der Waals surface area contributed by atoms with E-state index in [4.69, 9.17) is 0 Å². The first kappa shape index (κ1) is 13.8. The Labute approximate surface area is 110 Å². The third kappa shape index (κ3) is 4.25. The summed E-state index contributed by atoms with van der Waals surface area (Å²) in [5.41, 5.74) is 0. The predicted molar refractivity (Wildman–Crippen MR) is 71.2 cm³/mol. The van der Waals surface area contributed by atoms with Crippen LogP contribution in [0.15, 0.2) is 0 Å². The normalized spacial score (nSPS) is 29.4. The number of piperidine rings is 1. The topological polar surface area (TPSA) is 61.4 Å². The molecule has 2 aliphatic rings. The largest absolute Gasteiger partial charge is 0.393 e. The first-order valence-electron chi connectivity index (χ1n) is 7.41. The van der Waals surface area contributed by atoms with Crippen LogP contribution < -0.4 is 10.6 Å². The highest BCUT2D eigenvalue weighted by molar-refractivity contribution is 5.75. The number of hydrogen-bond acceptors (Lipinski definition) is 3. The Bertz CT molecular complexity index is 265. The molecular formula is C14H26N2O2. The zero-order chi connectivity index (χ0) is 12.8. The molecule has 0 aromatic heterocycles. The Hall–Kier alpha value is -0.610. The van der Waals surface area contributed by atoms with E-state index in [9.17, 15) is 9.90 Å². The molecule has 1 saturated carbocycles. The standard InChI is InChI=1S/C14H26N2O2/c17-13-3-1-2-12(13)10-16-14(18)5-4-11-6-8-15-9-7-11/h11-13,15,17H,1-10H2,(H,16,18). The van der Waals surface area contributed by atoms with Gasteiger partial charge in [0, 0.05) is 18.9 Å². The lowest BCUT2D eigenvalue weighted by Gasteiger charge is -2.22. The van der Waals surface area contributed by atoms with Crippen molar-refractivity contribution in [2.24, 2.45) is 11.8 Å². The molecule has 2 unspecified atom stereocenters. The minimum absolute atomic E-state index is 0.160. The maximum Gasteiger partial charge on any atom is 0.220 e. The Morgan fingerprint density at radius 1 is 1.22 bits per heavy atom. The summed E-state index contributed by atoms with van der Waals surface area (Å²) < 4.78 is 0. The molecule has 4 heteroatoms. The van der Waals surface area contributed by atoms with Crippen molar-refractivity contribution in [3.8, 4) is 0 Å². The summed E-state index contributed by atoms with van der Waals surface area (Å²) in [5, 5.41) is 16.0. The van der Waals surface area contributed by atoms with Gasteiger partial charge < -0.3 is 15.7 Å². The molecule has 1 aliphatic heterocycles. The summed E-state index contributed by atoms with van der Waals surface area (Å²) >= 11 is 0. The van der Waals surface area contributed by atoms with E-state index < -0.39 is 0 Å². The van der Waals surface area contributed by atoms with Crippen LogP contribution in [0.3, 0.4) is 0 Å². The summed E-state index contributed by atoms with van der Waals surface area (Å²) in [7, 11) is 0. The van der Waals surface area contributed by atoms with Crippen LogP contribution in [-0.2, 0) is 4.79 Å². The van der Waals surface area contributed by atoms with E-state index in [0.29, 0.717) is 18.9 Å². The number of aliphatic hydroxyl groups excluding tert-OH is 1. The second kappa shape index (κ2) is 7.10. The lowest BCUT2D eigenvalue weighted by atomic mass is 9.93. The van der Waals surface area contributed by atoms with E-state index >= 15 is 0 Å². The Balaban J connectivity index is 1.57. The van der Waals surface area contributed by atoms with Gasteiger partial charge in [-0.1, -0.05) is 6.42 Å². The molecule has 0 radical (unpaired) electrons. The van der Waals surface area contributed by atoms with Crippen molar-refractivity contribution in [3.05, 3.63) is 0 Å². The summed E-state index contributed by atoms with van der Waals surface area (Å²) in [4.78, 5) is 11.7. The van der Waals surface area contributed by atoms with E-state index in [0.717, 1.165) is 38.8 Å². The first-order valence-corrected chi connectivity index (χ1v) is 7.41. The molecule has 1 heterocycles. The van der Waals surface area contributed by atoms with Gasteiger partial charge in [-0.2, -0.15) is 0 Å². The summed E-state index contributed by atoms with van der Waals surface area (Å²) in [6.45, 7) is 2.85. The molecule has 0 bridgehead atoms. The fourth-order valence-corrected chi connectivity index (χ4v) is 3.09. The molecule has 0 spiro atoms. The highest BCUT2D eigenvalue weighted by Crippen LogP contribution is 2.24. The van der Waals surface area contributed by atoms with Crippen molar-refractivity contribution < 1.29 is 9.90 Å². The van der Waals surface area contributed by atoms with Crippen LogP contribution in [0.4, 0.5) is 0 Å². The summed E-state index contributed by atoms with van der Waals surface area (Å²) in [5.74, 6) is 1.16. The van der Waals surface area contributed by atoms with Crippen molar-refractivity contribution >= 4 is 5.91 Å². The zero-order valence-corrected chi connectivity index (χ0v) is 11.2. The Kier molecular flexibility index (Phi) is 5.45.